The summed E-state index contributed by atoms with van der Waals surface area (Å²) in [6, 6.07) is 13.6. The monoisotopic (exact) mass is 658 g/mol. The topological polar surface area (TPSA) is 118 Å². The van der Waals surface area contributed by atoms with Crippen LogP contribution in [0.5, 0.6) is 0 Å². The Bertz CT molecular complexity index is 1570. The van der Waals surface area contributed by atoms with Crippen LogP contribution in [0.3, 0.4) is 0 Å². The summed E-state index contributed by atoms with van der Waals surface area (Å²) in [5, 5.41) is 6.53. The lowest BCUT2D eigenvalue weighted by atomic mass is 9.79. The molecular weight excluding hydrogens is 619 g/mol. The van der Waals surface area contributed by atoms with E-state index in [-0.39, 0.29) is 41.0 Å². The summed E-state index contributed by atoms with van der Waals surface area (Å²) in [6.07, 6.45) is 2.09. The molecule has 45 heavy (non-hydrogen) atoms. The molecular formula is C33H40ClFN4O5S. The highest BCUT2D eigenvalue weighted by molar-refractivity contribution is 7.89. The number of Topliss-reactive ketones (excluding diaryl/α,β-unsaturated/α-hetero) is 1. The average Bonchev–Trinajstić information content (AvgIpc) is 3.01. The number of alkyl carbamates (subject to hydrolysis) is 1. The fourth-order valence-corrected chi connectivity index (χ4v) is 8.11. The van der Waals surface area contributed by atoms with Crippen LogP contribution < -0.4 is 10.6 Å². The van der Waals surface area contributed by atoms with Crippen LogP contribution in [0.2, 0.25) is 5.02 Å². The maximum Gasteiger partial charge on any atom is 0.407 e. The Morgan fingerprint density at radius 1 is 1.11 bits per heavy atom. The van der Waals surface area contributed by atoms with E-state index in [1.165, 1.54) is 17.6 Å². The van der Waals surface area contributed by atoms with Gasteiger partial charge < -0.3 is 15.4 Å². The SMILES string of the molecule is COC(=O)N[C@H](C(=O)Cc1cncc(F)c1CC[C@H]1CNC[C@H](C)N1S(=O)(=O)c1ccccc1)[C@@H](c1ccc(Cl)cc1)C(C)C. The van der Waals surface area contributed by atoms with E-state index in [1.54, 1.807) is 42.5 Å². The first kappa shape index (κ1) is 34.5. The molecule has 0 radical (unpaired) electrons. The van der Waals surface area contributed by atoms with Crippen molar-refractivity contribution in [2.45, 2.75) is 69.0 Å². The van der Waals surface area contributed by atoms with Crippen LogP contribution in [0.25, 0.3) is 0 Å². The molecule has 0 aliphatic carbocycles. The smallest absolute Gasteiger partial charge is 0.407 e. The van der Waals surface area contributed by atoms with Crippen molar-refractivity contribution in [3.8, 4) is 0 Å². The van der Waals surface area contributed by atoms with Gasteiger partial charge in [-0.05, 0) is 66.6 Å². The Hall–Kier alpha value is -3.38. The maximum absolute atomic E-state index is 15.4. The first-order valence-corrected chi connectivity index (χ1v) is 16.8. The standard InChI is InChI=1S/C33H40ClFN4O5S/c1-21(2)31(23-10-12-25(34)13-11-23)32(38-33(41)44-4)30(40)16-24-18-37-20-29(35)28(24)15-14-26-19-36-17-22(3)39(26)45(42,43)27-8-6-5-7-9-27/h5-13,18,20-22,26,31-32,36H,14-17,19H2,1-4H3,(H,38,41)/t22-,26-,31+,32+/m0/s1. The minimum absolute atomic E-state index is 0.0688. The van der Waals surface area contributed by atoms with Crippen LogP contribution in [-0.4, -0.2) is 67.9 Å². The van der Waals surface area contributed by atoms with E-state index in [0.29, 0.717) is 30.1 Å². The number of carbonyl (C=O) groups is 2. The zero-order valence-corrected chi connectivity index (χ0v) is 27.4. The lowest BCUT2D eigenvalue weighted by Crippen LogP contribution is -2.58. The number of amides is 1. The number of pyridine rings is 1. The van der Waals surface area contributed by atoms with Crippen LogP contribution in [0.15, 0.2) is 71.9 Å². The van der Waals surface area contributed by atoms with Crippen LogP contribution in [-0.2, 0) is 32.4 Å². The second-order valence-electron chi connectivity index (χ2n) is 11.7. The Morgan fingerprint density at radius 2 is 1.80 bits per heavy atom. The van der Waals surface area contributed by atoms with Gasteiger partial charge in [0.25, 0.3) is 0 Å². The predicted molar refractivity (Wildman–Crippen MR) is 171 cm³/mol. The number of hydrogen-bond acceptors (Lipinski definition) is 7. The number of methoxy groups -OCH3 is 1. The van der Waals surface area contributed by atoms with Crippen molar-refractivity contribution in [1.82, 2.24) is 19.9 Å². The Labute approximate surface area is 269 Å². The lowest BCUT2D eigenvalue weighted by molar-refractivity contribution is -0.121. The summed E-state index contributed by atoms with van der Waals surface area (Å²) in [7, 11) is -2.58. The second-order valence-corrected chi connectivity index (χ2v) is 14.0. The molecule has 2 aromatic carbocycles. The number of benzene rings is 2. The predicted octanol–water partition coefficient (Wildman–Crippen LogP) is 5.13. The second kappa shape index (κ2) is 15.3. The minimum atomic E-state index is -3.80. The van der Waals surface area contributed by atoms with Crippen molar-refractivity contribution in [1.29, 1.82) is 0 Å². The third-order valence-corrected chi connectivity index (χ3v) is 10.6. The molecule has 4 rings (SSSR count). The first-order valence-electron chi connectivity index (χ1n) is 15.0. The van der Waals surface area contributed by atoms with Gasteiger partial charge >= 0.3 is 6.09 Å². The number of piperazine rings is 1. The van der Waals surface area contributed by atoms with Crippen molar-refractivity contribution in [3.05, 3.63) is 94.5 Å². The van der Waals surface area contributed by atoms with Gasteiger partial charge in [-0.15, -0.1) is 0 Å². The molecule has 4 atom stereocenters. The minimum Gasteiger partial charge on any atom is -0.453 e. The Kier molecular flexibility index (Phi) is 11.7. The molecule has 242 valence electrons. The van der Waals surface area contributed by atoms with E-state index in [2.05, 4.69) is 15.6 Å². The van der Waals surface area contributed by atoms with Crippen LogP contribution in [0.4, 0.5) is 9.18 Å². The van der Waals surface area contributed by atoms with Gasteiger partial charge in [0.05, 0.1) is 24.2 Å². The fraction of sp³-hybridized carbons (Fsp3) is 0.424. The first-order chi connectivity index (χ1) is 21.4. The number of hydrogen-bond donors (Lipinski definition) is 2. The van der Waals surface area contributed by atoms with E-state index in [4.69, 9.17) is 16.3 Å². The maximum atomic E-state index is 15.4. The van der Waals surface area contributed by atoms with Gasteiger partial charge in [0.2, 0.25) is 10.0 Å². The van der Waals surface area contributed by atoms with Gasteiger partial charge in [0.1, 0.15) is 5.82 Å². The molecule has 1 aromatic heterocycles. The van der Waals surface area contributed by atoms with Gasteiger partial charge in [0.15, 0.2) is 5.78 Å². The van der Waals surface area contributed by atoms with Gasteiger partial charge in [-0.1, -0.05) is 55.8 Å². The summed E-state index contributed by atoms with van der Waals surface area (Å²) < 4.78 is 49.0. The quantitative estimate of drug-likeness (QED) is 0.277. The molecule has 2 N–H and O–H groups in total. The van der Waals surface area contributed by atoms with E-state index < -0.39 is 39.9 Å². The van der Waals surface area contributed by atoms with Crippen molar-refractivity contribution in [3.63, 3.8) is 0 Å². The van der Waals surface area contributed by atoms with Crippen molar-refractivity contribution >= 4 is 33.5 Å². The summed E-state index contributed by atoms with van der Waals surface area (Å²) in [5.74, 6) is -1.42. The number of carbonyl (C=O) groups excluding carboxylic acids is 2. The summed E-state index contributed by atoms with van der Waals surface area (Å²) in [6.45, 7) is 6.63. The number of nitrogens with zero attached hydrogens (tertiary/aromatic N) is 2. The zero-order chi connectivity index (χ0) is 32.7. The van der Waals surface area contributed by atoms with Crippen LogP contribution in [0.1, 0.15) is 49.8 Å². The fourth-order valence-electron chi connectivity index (χ4n) is 6.12. The third kappa shape index (κ3) is 8.26. The number of rotatable bonds is 12. The normalized spacial score (nSPS) is 18.7. The number of ether oxygens (including phenoxy) is 1. The molecule has 0 bridgehead atoms. The molecule has 2 heterocycles. The van der Waals surface area contributed by atoms with E-state index in [9.17, 15) is 18.0 Å². The molecule has 0 spiro atoms. The molecule has 0 unspecified atom stereocenters. The Morgan fingerprint density at radius 3 is 2.44 bits per heavy atom. The molecule has 1 fully saturated rings. The summed E-state index contributed by atoms with van der Waals surface area (Å²) in [5.41, 5.74) is 1.47. The molecule has 1 aliphatic rings. The van der Waals surface area contributed by atoms with E-state index >= 15 is 4.39 Å². The number of halogens is 2. The van der Waals surface area contributed by atoms with E-state index in [1.807, 2.05) is 32.9 Å². The van der Waals surface area contributed by atoms with Gasteiger partial charge in [-0.2, -0.15) is 4.31 Å². The molecule has 1 amide bonds. The highest BCUT2D eigenvalue weighted by atomic mass is 35.5. The third-order valence-electron chi connectivity index (χ3n) is 8.26. The van der Waals surface area contributed by atoms with E-state index in [0.717, 1.165) is 11.8 Å². The molecule has 3 aromatic rings. The summed E-state index contributed by atoms with van der Waals surface area (Å²) >= 11 is 6.10. The van der Waals surface area contributed by atoms with Crippen molar-refractivity contribution in [2.75, 3.05) is 20.2 Å². The largest absolute Gasteiger partial charge is 0.453 e. The molecule has 0 saturated carbocycles. The number of nitrogens with one attached hydrogen (secondary N) is 2. The molecule has 1 saturated heterocycles. The highest BCUT2D eigenvalue weighted by Gasteiger charge is 2.38. The Balaban J connectivity index is 1.60. The van der Waals surface area contributed by atoms with Gasteiger partial charge in [0, 0.05) is 48.7 Å². The molecule has 1 aliphatic heterocycles. The number of ketones is 1. The average molecular weight is 659 g/mol. The van der Waals surface area contributed by atoms with Gasteiger partial charge in [-0.25, -0.2) is 17.6 Å². The molecule has 9 nitrogen and oxygen atoms in total. The number of aromatic nitrogens is 1. The highest BCUT2D eigenvalue weighted by Crippen LogP contribution is 2.31. The van der Waals surface area contributed by atoms with Crippen LogP contribution in [0, 0.1) is 11.7 Å². The van der Waals surface area contributed by atoms with Crippen molar-refractivity contribution in [2.24, 2.45) is 5.92 Å². The number of sulfonamides is 1. The molecule has 12 heteroatoms. The summed E-state index contributed by atoms with van der Waals surface area (Å²) in [4.78, 5) is 30.6. The van der Waals surface area contributed by atoms with Crippen molar-refractivity contribution < 1.29 is 27.1 Å². The van der Waals surface area contributed by atoms with Crippen LogP contribution >= 0.6 is 11.6 Å². The lowest BCUT2D eigenvalue weighted by Gasteiger charge is -2.40. The zero-order valence-electron chi connectivity index (χ0n) is 25.9. The van der Waals surface area contributed by atoms with Gasteiger partial charge in [-0.3, -0.25) is 9.78 Å².